The van der Waals surface area contributed by atoms with Crippen LogP contribution in [0.5, 0.6) is 0 Å². The smallest absolute Gasteiger partial charge is 0.249 e. The minimum absolute atomic E-state index is 0.0137. The molecule has 1 rings (SSSR count). The number of carbonyl (C=O) groups excluding carboxylic acids is 1. The molecule has 1 fully saturated rings. The number of methoxy groups -OCH3 is 1. The normalized spacial score (nSPS) is 18.2. The van der Waals surface area contributed by atoms with Crippen LogP contribution in [0.25, 0.3) is 0 Å². The Bertz CT molecular complexity index is 173. The van der Waals surface area contributed by atoms with Crippen molar-refractivity contribution in [2.75, 3.05) is 33.4 Å². The fraction of sp³-hybridized carbons (Fsp3) is 0.625. The lowest BCUT2D eigenvalue weighted by Crippen LogP contribution is -2.39. The van der Waals surface area contributed by atoms with E-state index in [1.807, 2.05) is 0 Å². The van der Waals surface area contributed by atoms with Crippen molar-refractivity contribution in [3.8, 4) is 0 Å². The molecular weight excluding hydrogens is 158 g/mol. The minimum Gasteiger partial charge on any atom is -0.504 e. The van der Waals surface area contributed by atoms with Crippen LogP contribution in [0.1, 0.15) is 0 Å². The number of hydrogen-bond donors (Lipinski definition) is 0. The highest BCUT2D eigenvalue weighted by Crippen LogP contribution is 1.97. The first-order chi connectivity index (χ1) is 5.84. The Kier molecular flexibility index (Phi) is 3.60. The van der Waals surface area contributed by atoms with Gasteiger partial charge in [0.1, 0.15) is 0 Å². The van der Waals surface area contributed by atoms with Gasteiger partial charge in [0.25, 0.3) is 0 Å². The van der Waals surface area contributed by atoms with Crippen molar-refractivity contribution in [3.63, 3.8) is 0 Å². The summed E-state index contributed by atoms with van der Waals surface area (Å²) >= 11 is 0. The van der Waals surface area contributed by atoms with Crippen LogP contribution in [-0.4, -0.2) is 44.2 Å². The molecule has 4 heteroatoms. The molecule has 0 aromatic rings. The highest BCUT2D eigenvalue weighted by molar-refractivity contribution is 5.87. The molecule has 0 N–H and O–H groups in total. The number of rotatable bonds is 2. The van der Waals surface area contributed by atoms with Crippen molar-refractivity contribution in [1.82, 2.24) is 4.90 Å². The zero-order valence-electron chi connectivity index (χ0n) is 7.16. The lowest BCUT2D eigenvalue weighted by atomic mass is 10.4. The topological polar surface area (TPSA) is 38.8 Å². The van der Waals surface area contributed by atoms with Gasteiger partial charge in [0.05, 0.1) is 26.6 Å². The van der Waals surface area contributed by atoms with Crippen molar-refractivity contribution in [2.24, 2.45) is 0 Å². The highest BCUT2D eigenvalue weighted by Gasteiger charge is 2.13. The maximum Gasteiger partial charge on any atom is 0.249 e. The van der Waals surface area contributed by atoms with Crippen LogP contribution >= 0.6 is 0 Å². The fourth-order valence-corrected chi connectivity index (χ4v) is 1.02. The van der Waals surface area contributed by atoms with Crippen LogP contribution in [0.4, 0.5) is 0 Å². The van der Waals surface area contributed by atoms with E-state index >= 15 is 0 Å². The molecule has 1 saturated heterocycles. The molecule has 1 aliphatic rings. The van der Waals surface area contributed by atoms with Crippen molar-refractivity contribution in [2.45, 2.75) is 0 Å². The van der Waals surface area contributed by atoms with Crippen molar-refractivity contribution < 1.29 is 14.3 Å². The average Bonchev–Trinajstić information content (AvgIpc) is 2.15. The van der Waals surface area contributed by atoms with Gasteiger partial charge >= 0.3 is 0 Å². The monoisotopic (exact) mass is 171 g/mol. The van der Waals surface area contributed by atoms with Crippen LogP contribution in [0.15, 0.2) is 12.3 Å². The zero-order valence-corrected chi connectivity index (χ0v) is 7.16. The van der Waals surface area contributed by atoms with Gasteiger partial charge in [0.2, 0.25) is 5.91 Å². The molecule has 0 saturated carbocycles. The number of amides is 1. The van der Waals surface area contributed by atoms with E-state index in [0.717, 1.165) is 0 Å². The van der Waals surface area contributed by atoms with E-state index in [0.29, 0.717) is 26.3 Å². The summed E-state index contributed by atoms with van der Waals surface area (Å²) < 4.78 is 9.75. The second kappa shape index (κ2) is 4.77. The molecule has 0 aromatic carbocycles. The third kappa shape index (κ3) is 2.54. The van der Waals surface area contributed by atoms with Crippen molar-refractivity contribution in [1.29, 1.82) is 0 Å². The molecule has 68 valence electrons. The molecule has 1 heterocycles. The molecule has 0 spiro atoms. The van der Waals surface area contributed by atoms with E-state index < -0.39 is 0 Å². The Balaban J connectivity index is 2.34. The first-order valence-corrected chi connectivity index (χ1v) is 3.90. The van der Waals surface area contributed by atoms with Crippen molar-refractivity contribution in [3.05, 3.63) is 12.3 Å². The van der Waals surface area contributed by atoms with Crippen LogP contribution in [0.2, 0.25) is 0 Å². The maximum atomic E-state index is 11.3. The number of hydrogen-bond acceptors (Lipinski definition) is 3. The molecular formula is C8H13NO3. The van der Waals surface area contributed by atoms with E-state index in [4.69, 9.17) is 4.74 Å². The molecule has 0 bridgehead atoms. The van der Waals surface area contributed by atoms with E-state index in [-0.39, 0.29) is 5.91 Å². The van der Waals surface area contributed by atoms with E-state index in [2.05, 4.69) is 4.74 Å². The summed E-state index contributed by atoms with van der Waals surface area (Å²) in [4.78, 5) is 13.0. The summed E-state index contributed by atoms with van der Waals surface area (Å²) in [5.74, 6) is -0.0137. The van der Waals surface area contributed by atoms with Gasteiger partial charge in [-0.3, -0.25) is 4.79 Å². The lowest BCUT2D eigenvalue weighted by Gasteiger charge is -2.25. The van der Waals surface area contributed by atoms with Gasteiger partial charge in [0.15, 0.2) is 0 Å². The van der Waals surface area contributed by atoms with Gasteiger partial charge in [-0.05, 0) is 0 Å². The lowest BCUT2D eigenvalue weighted by molar-refractivity contribution is -0.130. The predicted octanol–water partition coefficient (Wildman–Crippen LogP) is 0.00530. The third-order valence-electron chi connectivity index (χ3n) is 1.67. The van der Waals surface area contributed by atoms with E-state index in [1.165, 1.54) is 19.4 Å². The fourth-order valence-electron chi connectivity index (χ4n) is 1.02. The standard InChI is InChI=1S/C8H13NO3/c1-11-5-2-8(10)9-3-6-12-7-4-9/h2,5H,3-4,6-7H2,1H3/b5-2+. The van der Waals surface area contributed by atoms with Gasteiger partial charge in [-0.25, -0.2) is 0 Å². The molecule has 0 aliphatic carbocycles. The molecule has 1 amide bonds. The summed E-state index contributed by atoms with van der Waals surface area (Å²) in [6.45, 7) is 2.61. The summed E-state index contributed by atoms with van der Waals surface area (Å²) in [7, 11) is 1.52. The quantitative estimate of drug-likeness (QED) is 0.434. The Labute approximate surface area is 71.7 Å². The Morgan fingerprint density at radius 2 is 2.17 bits per heavy atom. The second-order valence-electron chi connectivity index (χ2n) is 2.48. The van der Waals surface area contributed by atoms with Gasteiger partial charge in [0, 0.05) is 19.2 Å². The number of morpholine rings is 1. The second-order valence-corrected chi connectivity index (χ2v) is 2.48. The van der Waals surface area contributed by atoms with E-state index in [1.54, 1.807) is 4.90 Å². The Hall–Kier alpha value is -1.03. The summed E-state index contributed by atoms with van der Waals surface area (Å²) in [5.41, 5.74) is 0. The first kappa shape index (κ1) is 9.06. The maximum absolute atomic E-state index is 11.3. The van der Waals surface area contributed by atoms with Crippen LogP contribution < -0.4 is 0 Å². The predicted molar refractivity (Wildman–Crippen MR) is 43.5 cm³/mol. The molecule has 12 heavy (non-hydrogen) atoms. The Morgan fingerprint density at radius 3 is 2.75 bits per heavy atom. The summed E-state index contributed by atoms with van der Waals surface area (Å²) in [6.07, 6.45) is 2.81. The van der Waals surface area contributed by atoms with Crippen LogP contribution in [0.3, 0.4) is 0 Å². The molecule has 0 unspecified atom stereocenters. The van der Waals surface area contributed by atoms with Crippen molar-refractivity contribution >= 4 is 5.91 Å². The highest BCUT2D eigenvalue weighted by atomic mass is 16.5. The third-order valence-corrected chi connectivity index (χ3v) is 1.67. The van der Waals surface area contributed by atoms with Gasteiger partial charge in [-0.15, -0.1) is 0 Å². The largest absolute Gasteiger partial charge is 0.504 e. The average molecular weight is 171 g/mol. The number of ether oxygens (including phenoxy) is 2. The van der Waals surface area contributed by atoms with Gasteiger partial charge in [-0.1, -0.05) is 0 Å². The summed E-state index contributed by atoms with van der Waals surface area (Å²) in [6, 6.07) is 0. The minimum atomic E-state index is -0.0137. The molecule has 0 atom stereocenters. The molecule has 0 radical (unpaired) electrons. The van der Waals surface area contributed by atoms with Gasteiger partial charge < -0.3 is 14.4 Å². The molecule has 4 nitrogen and oxygen atoms in total. The number of carbonyl (C=O) groups is 1. The summed E-state index contributed by atoms with van der Waals surface area (Å²) in [5, 5.41) is 0. The van der Waals surface area contributed by atoms with Crippen LogP contribution in [0, 0.1) is 0 Å². The zero-order chi connectivity index (χ0) is 8.81. The van der Waals surface area contributed by atoms with E-state index in [9.17, 15) is 4.79 Å². The Morgan fingerprint density at radius 1 is 1.50 bits per heavy atom. The SMILES string of the molecule is CO/C=C/C(=O)N1CCOCC1. The van der Waals surface area contributed by atoms with Gasteiger partial charge in [-0.2, -0.15) is 0 Å². The molecule has 1 aliphatic heterocycles. The first-order valence-electron chi connectivity index (χ1n) is 3.90. The van der Waals surface area contributed by atoms with Crippen LogP contribution in [-0.2, 0) is 14.3 Å². The molecule has 0 aromatic heterocycles. The number of nitrogens with zero attached hydrogens (tertiary/aromatic N) is 1.